The molecule has 2 aromatic rings. The third-order valence-corrected chi connectivity index (χ3v) is 3.12. The molecule has 10 heteroatoms. The van der Waals surface area contributed by atoms with E-state index in [0.717, 1.165) is 43.2 Å². The standard InChI is InChI=1S/C11H13N5.C4H4O4.H2O/c1-2-9-11(13-3-1)15-10(8-14-9)16-6-4-12-5-7-16;5-3(6)1-2-4(7)8;/h1-3,8,12H,4-7H2;1-2H,(H,5,6)(H,7,8);1H2. The van der Waals surface area contributed by atoms with Crippen LogP contribution in [0.3, 0.4) is 0 Å². The molecule has 1 aliphatic heterocycles. The van der Waals surface area contributed by atoms with Crippen molar-refractivity contribution < 1.29 is 25.3 Å². The zero-order chi connectivity index (χ0) is 17.4. The Labute approximate surface area is 143 Å². The highest BCUT2D eigenvalue weighted by atomic mass is 16.4. The molecule has 0 aliphatic carbocycles. The summed E-state index contributed by atoms with van der Waals surface area (Å²) < 4.78 is 0. The summed E-state index contributed by atoms with van der Waals surface area (Å²) in [5.41, 5.74) is 1.57. The summed E-state index contributed by atoms with van der Waals surface area (Å²) in [4.78, 5) is 34.5. The van der Waals surface area contributed by atoms with E-state index in [4.69, 9.17) is 10.2 Å². The van der Waals surface area contributed by atoms with Gasteiger partial charge in [0.05, 0.1) is 6.20 Å². The maximum atomic E-state index is 9.55. The van der Waals surface area contributed by atoms with Gasteiger partial charge in [0.2, 0.25) is 0 Å². The van der Waals surface area contributed by atoms with Gasteiger partial charge >= 0.3 is 11.9 Å². The molecule has 0 aromatic carbocycles. The molecule has 0 amide bonds. The molecule has 10 nitrogen and oxygen atoms in total. The van der Waals surface area contributed by atoms with E-state index in [1.165, 1.54) is 0 Å². The fraction of sp³-hybridized carbons (Fsp3) is 0.267. The first-order chi connectivity index (χ1) is 11.6. The van der Waals surface area contributed by atoms with E-state index >= 15 is 0 Å². The van der Waals surface area contributed by atoms with Gasteiger partial charge in [-0.1, -0.05) is 0 Å². The average molecular weight is 349 g/mol. The van der Waals surface area contributed by atoms with E-state index in [9.17, 15) is 9.59 Å². The highest BCUT2D eigenvalue weighted by Crippen LogP contribution is 2.13. The zero-order valence-electron chi connectivity index (χ0n) is 13.3. The molecule has 1 fully saturated rings. The Morgan fingerprint density at radius 3 is 2.36 bits per heavy atom. The highest BCUT2D eigenvalue weighted by molar-refractivity contribution is 5.89. The van der Waals surface area contributed by atoms with Crippen molar-refractivity contribution >= 4 is 28.9 Å². The van der Waals surface area contributed by atoms with Crippen LogP contribution in [0.4, 0.5) is 5.82 Å². The van der Waals surface area contributed by atoms with Crippen LogP contribution in [0.1, 0.15) is 0 Å². The lowest BCUT2D eigenvalue weighted by molar-refractivity contribution is -0.134. The first-order valence-electron chi connectivity index (χ1n) is 7.23. The number of pyridine rings is 1. The number of nitrogens with zero attached hydrogens (tertiary/aromatic N) is 4. The number of aromatic nitrogens is 3. The summed E-state index contributed by atoms with van der Waals surface area (Å²) >= 11 is 0. The number of carbonyl (C=O) groups is 2. The third kappa shape index (κ3) is 6.49. The third-order valence-electron chi connectivity index (χ3n) is 3.12. The van der Waals surface area contributed by atoms with Crippen molar-refractivity contribution in [3.8, 4) is 0 Å². The second-order valence-electron chi connectivity index (χ2n) is 4.82. The van der Waals surface area contributed by atoms with Crippen LogP contribution >= 0.6 is 0 Å². The monoisotopic (exact) mass is 349 g/mol. The van der Waals surface area contributed by atoms with Crippen molar-refractivity contribution in [3.63, 3.8) is 0 Å². The lowest BCUT2D eigenvalue weighted by Gasteiger charge is -2.27. The van der Waals surface area contributed by atoms with Crippen LogP contribution in [-0.4, -0.2) is 68.8 Å². The Morgan fingerprint density at radius 2 is 1.76 bits per heavy atom. The first kappa shape index (κ1) is 19.9. The minimum atomic E-state index is -1.26. The molecular weight excluding hydrogens is 330 g/mol. The number of carboxylic acids is 2. The normalized spacial score (nSPS) is 13.7. The second-order valence-corrected chi connectivity index (χ2v) is 4.82. The molecule has 3 heterocycles. The Bertz CT molecular complexity index is 730. The smallest absolute Gasteiger partial charge is 0.328 e. The topological polar surface area (TPSA) is 160 Å². The van der Waals surface area contributed by atoms with Crippen molar-refractivity contribution in [1.29, 1.82) is 0 Å². The van der Waals surface area contributed by atoms with Crippen LogP contribution in [0.5, 0.6) is 0 Å². The summed E-state index contributed by atoms with van der Waals surface area (Å²) in [6, 6.07) is 3.80. The number of nitrogens with one attached hydrogen (secondary N) is 1. The summed E-state index contributed by atoms with van der Waals surface area (Å²) in [6.45, 7) is 3.96. The van der Waals surface area contributed by atoms with Crippen molar-refractivity contribution in [2.75, 3.05) is 31.1 Å². The number of anilines is 1. The van der Waals surface area contributed by atoms with Crippen LogP contribution < -0.4 is 10.2 Å². The summed E-state index contributed by atoms with van der Waals surface area (Å²) in [5.74, 6) is -1.59. The van der Waals surface area contributed by atoms with Gasteiger partial charge in [-0.25, -0.2) is 24.5 Å². The minimum Gasteiger partial charge on any atom is -0.478 e. The summed E-state index contributed by atoms with van der Waals surface area (Å²) in [7, 11) is 0. The van der Waals surface area contributed by atoms with Crippen molar-refractivity contribution in [1.82, 2.24) is 20.3 Å². The predicted molar refractivity (Wildman–Crippen MR) is 90.4 cm³/mol. The van der Waals surface area contributed by atoms with Crippen LogP contribution in [0, 0.1) is 0 Å². The van der Waals surface area contributed by atoms with Gasteiger partial charge in [-0.3, -0.25) is 0 Å². The highest BCUT2D eigenvalue weighted by Gasteiger charge is 2.12. The van der Waals surface area contributed by atoms with Crippen molar-refractivity contribution in [3.05, 3.63) is 36.7 Å². The Hall–Kier alpha value is -3.11. The molecule has 0 saturated carbocycles. The lowest BCUT2D eigenvalue weighted by Crippen LogP contribution is -2.43. The van der Waals surface area contributed by atoms with Crippen LogP contribution in [-0.2, 0) is 9.59 Å². The molecule has 0 unspecified atom stereocenters. The molecule has 25 heavy (non-hydrogen) atoms. The van der Waals surface area contributed by atoms with Gasteiger partial charge in [0.15, 0.2) is 5.65 Å². The van der Waals surface area contributed by atoms with E-state index in [0.29, 0.717) is 12.2 Å². The largest absolute Gasteiger partial charge is 0.478 e. The number of rotatable bonds is 3. The van der Waals surface area contributed by atoms with E-state index in [1.807, 2.05) is 18.3 Å². The predicted octanol–water partition coefficient (Wildman–Crippen LogP) is -0.679. The molecule has 0 bridgehead atoms. The van der Waals surface area contributed by atoms with Crippen molar-refractivity contribution in [2.45, 2.75) is 0 Å². The molecule has 5 N–H and O–H groups in total. The molecule has 0 radical (unpaired) electrons. The number of hydrogen-bond donors (Lipinski definition) is 3. The molecule has 2 aromatic heterocycles. The van der Waals surface area contributed by atoms with Gasteiger partial charge in [0.1, 0.15) is 11.3 Å². The molecule has 1 saturated heterocycles. The number of fused-ring (bicyclic) bond motifs is 1. The zero-order valence-corrected chi connectivity index (χ0v) is 13.3. The van der Waals surface area contributed by atoms with Crippen molar-refractivity contribution in [2.24, 2.45) is 0 Å². The minimum absolute atomic E-state index is 0. The van der Waals surface area contributed by atoms with Crippen LogP contribution in [0.15, 0.2) is 36.7 Å². The molecule has 0 atom stereocenters. The summed E-state index contributed by atoms with van der Waals surface area (Å²) in [5, 5.41) is 18.9. The van der Waals surface area contributed by atoms with Gasteiger partial charge in [-0.15, -0.1) is 0 Å². The van der Waals surface area contributed by atoms with Gasteiger partial charge in [0, 0.05) is 44.5 Å². The molecule has 1 aliphatic rings. The fourth-order valence-corrected chi connectivity index (χ4v) is 2.03. The Balaban J connectivity index is 0.000000301. The number of hydrogen-bond acceptors (Lipinski definition) is 7. The fourth-order valence-electron chi connectivity index (χ4n) is 2.03. The lowest BCUT2D eigenvalue weighted by atomic mass is 10.3. The molecular formula is C15H19N5O5. The van der Waals surface area contributed by atoms with Crippen LogP contribution in [0.2, 0.25) is 0 Å². The quantitative estimate of drug-likeness (QED) is 0.610. The average Bonchev–Trinajstić information content (AvgIpc) is 2.61. The van der Waals surface area contributed by atoms with E-state index in [2.05, 4.69) is 25.2 Å². The molecule has 134 valence electrons. The first-order valence-corrected chi connectivity index (χ1v) is 7.23. The van der Waals surface area contributed by atoms with Gasteiger partial charge in [-0.05, 0) is 12.1 Å². The SMILES string of the molecule is O.O=C(O)C=CC(=O)O.c1cnc2nc(N3CCNCC3)cnc2c1. The van der Waals surface area contributed by atoms with Gasteiger partial charge in [0.25, 0.3) is 0 Å². The van der Waals surface area contributed by atoms with Gasteiger partial charge in [-0.2, -0.15) is 0 Å². The maximum Gasteiger partial charge on any atom is 0.328 e. The number of carboxylic acid groups (broad SMARTS) is 2. The number of piperazine rings is 1. The Kier molecular flexibility index (Phi) is 7.90. The number of aliphatic carboxylic acids is 2. The maximum absolute atomic E-state index is 9.55. The van der Waals surface area contributed by atoms with E-state index in [1.54, 1.807) is 6.20 Å². The molecule has 0 spiro atoms. The second kappa shape index (κ2) is 9.90. The summed E-state index contributed by atoms with van der Waals surface area (Å²) in [6.07, 6.45) is 4.69. The Morgan fingerprint density at radius 1 is 1.12 bits per heavy atom. The van der Waals surface area contributed by atoms with E-state index in [-0.39, 0.29) is 5.48 Å². The van der Waals surface area contributed by atoms with Gasteiger partial charge < -0.3 is 25.9 Å². The van der Waals surface area contributed by atoms with E-state index < -0.39 is 11.9 Å². The van der Waals surface area contributed by atoms with Crippen LogP contribution in [0.25, 0.3) is 11.2 Å². The molecule has 3 rings (SSSR count).